The van der Waals surface area contributed by atoms with Gasteiger partial charge in [-0.25, -0.2) is 4.98 Å². The largest absolute Gasteiger partial charge is 0.356 e. The topological polar surface area (TPSA) is 28.2 Å². The van der Waals surface area contributed by atoms with Gasteiger partial charge in [-0.3, -0.25) is 0 Å². The second-order valence-electron chi connectivity index (χ2n) is 6.55. The third-order valence-electron chi connectivity index (χ3n) is 5.17. The van der Waals surface area contributed by atoms with Crippen LogP contribution in [0, 0.1) is 11.8 Å². The number of hydrogen-bond acceptors (Lipinski definition) is 3. The zero-order valence-corrected chi connectivity index (χ0v) is 12.7. The van der Waals surface area contributed by atoms with Crippen molar-refractivity contribution in [2.75, 3.05) is 25.0 Å². The number of hydrogen-bond donors (Lipinski definition) is 1. The normalized spacial score (nSPS) is 24.7. The summed E-state index contributed by atoms with van der Waals surface area (Å²) in [6.45, 7) is 3.29. The number of pyridine rings is 1. The van der Waals surface area contributed by atoms with E-state index in [1.54, 1.807) is 0 Å². The van der Waals surface area contributed by atoms with E-state index in [9.17, 15) is 0 Å². The molecule has 110 valence electrons. The van der Waals surface area contributed by atoms with E-state index >= 15 is 0 Å². The maximum atomic E-state index is 4.99. The van der Waals surface area contributed by atoms with Crippen LogP contribution < -0.4 is 10.2 Å². The van der Waals surface area contributed by atoms with Crippen molar-refractivity contribution in [2.24, 2.45) is 11.8 Å². The number of nitrogens with one attached hydrogen (secondary N) is 1. The number of aromatic nitrogens is 1. The lowest BCUT2D eigenvalue weighted by molar-refractivity contribution is 0.494. The number of benzene rings is 1. The summed E-state index contributed by atoms with van der Waals surface area (Å²) in [5, 5.41) is 4.54. The summed E-state index contributed by atoms with van der Waals surface area (Å²) in [5.41, 5.74) is 2.44. The van der Waals surface area contributed by atoms with Gasteiger partial charge in [0.05, 0.1) is 5.52 Å². The summed E-state index contributed by atoms with van der Waals surface area (Å²) in [5.74, 6) is 3.01. The van der Waals surface area contributed by atoms with Crippen LogP contribution >= 0.6 is 0 Å². The second-order valence-corrected chi connectivity index (χ2v) is 6.55. The average Bonchev–Trinajstić information content (AvgIpc) is 3.08. The Morgan fingerprint density at radius 1 is 1.19 bits per heavy atom. The average molecular weight is 281 g/mol. The van der Waals surface area contributed by atoms with E-state index in [2.05, 4.69) is 40.5 Å². The molecule has 2 unspecified atom stereocenters. The summed E-state index contributed by atoms with van der Waals surface area (Å²) < 4.78 is 0. The Kier molecular flexibility index (Phi) is 3.30. The summed E-state index contributed by atoms with van der Waals surface area (Å²) in [6, 6.07) is 10.8. The number of rotatable bonds is 3. The van der Waals surface area contributed by atoms with Crippen molar-refractivity contribution in [3.8, 4) is 0 Å². The van der Waals surface area contributed by atoms with Crippen LogP contribution in [0.15, 0.2) is 30.3 Å². The molecule has 1 aliphatic carbocycles. The molecule has 0 amide bonds. The molecular formula is C18H23N3. The predicted molar refractivity (Wildman–Crippen MR) is 87.6 cm³/mol. The third-order valence-corrected chi connectivity index (χ3v) is 5.17. The molecule has 1 aromatic carbocycles. The van der Waals surface area contributed by atoms with Crippen molar-refractivity contribution in [1.82, 2.24) is 10.3 Å². The molecule has 1 aromatic heterocycles. The Morgan fingerprint density at radius 3 is 2.71 bits per heavy atom. The monoisotopic (exact) mass is 281 g/mol. The molecule has 2 aromatic rings. The molecule has 3 nitrogen and oxygen atoms in total. The quantitative estimate of drug-likeness (QED) is 0.936. The molecule has 2 heterocycles. The lowest BCUT2D eigenvalue weighted by Gasteiger charge is -2.22. The Morgan fingerprint density at radius 2 is 1.95 bits per heavy atom. The van der Waals surface area contributed by atoms with Gasteiger partial charge in [0.2, 0.25) is 0 Å². The molecule has 1 aliphatic heterocycles. The highest BCUT2D eigenvalue weighted by molar-refractivity contribution is 5.81. The van der Waals surface area contributed by atoms with Crippen molar-refractivity contribution in [1.29, 1.82) is 0 Å². The first-order valence-corrected chi connectivity index (χ1v) is 8.13. The maximum absolute atomic E-state index is 4.99. The van der Waals surface area contributed by atoms with Gasteiger partial charge < -0.3 is 10.2 Å². The molecule has 4 rings (SSSR count). The van der Waals surface area contributed by atoms with Crippen molar-refractivity contribution in [2.45, 2.75) is 25.8 Å². The number of para-hydroxylation sites is 1. The first-order chi connectivity index (χ1) is 10.3. The molecule has 2 fully saturated rings. The van der Waals surface area contributed by atoms with Gasteiger partial charge in [-0.1, -0.05) is 24.6 Å². The van der Waals surface area contributed by atoms with Gasteiger partial charge in [-0.05, 0) is 43.9 Å². The Bertz CT molecular complexity index is 640. The zero-order chi connectivity index (χ0) is 14.2. The van der Waals surface area contributed by atoms with Gasteiger partial charge in [0, 0.05) is 30.6 Å². The van der Waals surface area contributed by atoms with Crippen LogP contribution in [0.1, 0.15) is 24.8 Å². The molecule has 1 N–H and O–H groups in total. The lowest BCUT2D eigenvalue weighted by Crippen LogP contribution is -2.24. The van der Waals surface area contributed by atoms with E-state index in [1.807, 2.05) is 7.05 Å². The minimum atomic E-state index is 0.888. The summed E-state index contributed by atoms with van der Waals surface area (Å²) in [6.07, 6.45) is 4.25. The molecule has 0 spiro atoms. The van der Waals surface area contributed by atoms with E-state index in [4.69, 9.17) is 4.98 Å². The van der Waals surface area contributed by atoms with E-state index in [-0.39, 0.29) is 0 Å². The minimum absolute atomic E-state index is 0.888. The van der Waals surface area contributed by atoms with Crippen LogP contribution in [0.25, 0.3) is 10.9 Å². The van der Waals surface area contributed by atoms with Crippen molar-refractivity contribution in [3.63, 3.8) is 0 Å². The fraction of sp³-hybridized carbons (Fsp3) is 0.500. The minimum Gasteiger partial charge on any atom is -0.356 e. The van der Waals surface area contributed by atoms with Crippen LogP contribution in [-0.4, -0.2) is 25.1 Å². The molecule has 0 radical (unpaired) electrons. The highest BCUT2D eigenvalue weighted by atomic mass is 15.2. The van der Waals surface area contributed by atoms with Crippen LogP contribution in [-0.2, 0) is 6.54 Å². The van der Waals surface area contributed by atoms with Crippen LogP contribution in [0.4, 0.5) is 5.82 Å². The SMILES string of the molecule is CNCc1cc2ccccc2nc1N1CC2CCCC2C1. The van der Waals surface area contributed by atoms with Crippen molar-refractivity contribution >= 4 is 16.7 Å². The van der Waals surface area contributed by atoms with Crippen LogP contribution in [0.3, 0.4) is 0 Å². The fourth-order valence-corrected chi connectivity index (χ4v) is 4.15. The smallest absolute Gasteiger partial charge is 0.133 e. The van der Waals surface area contributed by atoms with Crippen LogP contribution in [0.5, 0.6) is 0 Å². The molecule has 2 atom stereocenters. The van der Waals surface area contributed by atoms with Gasteiger partial charge in [-0.15, -0.1) is 0 Å². The predicted octanol–water partition coefficient (Wildman–Crippen LogP) is 3.19. The molecule has 0 bridgehead atoms. The molecule has 2 aliphatic rings. The van der Waals surface area contributed by atoms with Gasteiger partial charge >= 0.3 is 0 Å². The highest BCUT2D eigenvalue weighted by Gasteiger charge is 2.37. The van der Waals surface area contributed by atoms with E-state index in [1.165, 1.54) is 49.1 Å². The second kappa shape index (κ2) is 5.30. The van der Waals surface area contributed by atoms with Gasteiger partial charge in [0.15, 0.2) is 0 Å². The third kappa shape index (κ3) is 2.30. The molecular weight excluding hydrogens is 258 g/mol. The zero-order valence-electron chi connectivity index (χ0n) is 12.7. The maximum Gasteiger partial charge on any atom is 0.133 e. The van der Waals surface area contributed by atoms with E-state index < -0.39 is 0 Å². The first kappa shape index (κ1) is 13.1. The molecule has 1 saturated heterocycles. The van der Waals surface area contributed by atoms with Gasteiger partial charge in [0.25, 0.3) is 0 Å². The fourth-order valence-electron chi connectivity index (χ4n) is 4.15. The Balaban J connectivity index is 1.74. The lowest BCUT2D eigenvalue weighted by atomic mass is 10.0. The molecule has 1 saturated carbocycles. The van der Waals surface area contributed by atoms with E-state index in [0.29, 0.717) is 0 Å². The van der Waals surface area contributed by atoms with Crippen molar-refractivity contribution in [3.05, 3.63) is 35.9 Å². The Labute approximate surface area is 126 Å². The summed E-state index contributed by atoms with van der Waals surface area (Å²) in [4.78, 5) is 7.52. The summed E-state index contributed by atoms with van der Waals surface area (Å²) >= 11 is 0. The molecule has 3 heteroatoms. The first-order valence-electron chi connectivity index (χ1n) is 8.13. The van der Waals surface area contributed by atoms with E-state index in [0.717, 1.165) is 23.9 Å². The van der Waals surface area contributed by atoms with Gasteiger partial charge in [-0.2, -0.15) is 0 Å². The number of nitrogens with zero attached hydrogens (tertiary/aromatic N) is 2. The van der Waals surface area contributed by atoms with Gasteiger partial charge in [0.1, 0.15) is 5.82 Å². The summed E-state index contributed by atoms with van der Waals surface area (Å²) in [7, 11) is 2.01. The number of anilines is 1. The molecule has 21 heavy (non-hydrogen) atoms. The van der Waals surface area contributed by atoms with Crippen LogP contribution in [0.2, 0.25) is 0 Å². The standard InChI is InChI=1S/C18H23N3/c1-19-10-16-9-13-5-2-3-8-17(13)20-18(16)21-11-14-6-4-7-15(14)12-21/h2-3,5,8-9,14-15,19H,4,6-7,10-12H2,1H3. The van der Waals surface area contributed by atoms with Crippen molar-refractivity contribution < 1.29 is 0 Å². The Hall–Kier alpha value is -1.61. The number of fused-ring (bicyclic) bond motifs is 2. The highest BCUT2D eigenvalue weighted by Crippen LogP contribution is 2.40.